The van der Waals surface area contributed by atoms with E-state index in [0.29, 0.717) is 5.02 Å². The van der Waals surface area contributed by atoms with E-state index in [2.05, 4.69) is 23.3 Å². The summed E-state index contributed by atoms with van der Waals surface area (Å²) in [6.45, 7) is 2.06. The van der Waals surface area contributed by atoms with Crippen LogP contribution < -0.4 is 5.32 Å². The predicted molar refractivity (Wildman–Crippen MR) is 118 cm³/mol. The summed E-state index contributed by atoms with van der Waals surface area (Å²) >= 11 is 12.3. The first-order valence-electron chi connectivity index (χ1n) is 8.64. The number of anilines is 2. The SMILES string of the molecule is Cc1ccccc1C(=S)c1ccc(Nc2ccnc3ccccc23)cc1Cl. The van der Waals surface area contributed by atoms with Crippen LogP contribution in [0.25, 0.3) is 10.9 Å². The maximum Gasteiger partial charge on any atom is 0.0722 e. The first-order valence-corrected chi connectivity index (χ1v) is 9.43. The van der Waals surface area contributed by atoms with E-state index < -0.39 is 0 Å². The van der Waals surface area contributed by atoms with Gasteiger partial charge in [0.25, 0.3) is 0 Å². The number of aryl methyl sites for hydroxylation is 1. The average molecular weight is 389 g/mol. The zero-order valence-corrected chi connectivity index (χ0v) is 16.3. The topological polar surface area (TPSA) is 24.9 Å². The van der Waals surface area contributed by atoms with E-state index in [-0.39, 0.29) is 0 Å². The van der Waals surface area contributed by atoms with Crippen LogP contribution in [0, 0.1) is 6.92 Å². The van der Waals surface area contributed by atoms with Crippen molar-refractivity contribution in [3.05, 3.63) is 101 Å². The Morgan fingerprint density at radius 2 is 1.70 bits per heavy atom. The Hall–Kier alpha value is -2.75. The van der Waals surface area contributed by atoms with Gasteiger partial charge in [0.2, 0.25) is 0 Å². The molecule has 0 radical (unpaired) electrons. The number of hydrogen-bond acceptors (Lipinski definition) is 3. The van der Waals surface area contributed by atoms with E-state index >= 15 is 0 Å². The summed E-state index contributed by atoms with van der Waals surface area (Å²) in [5, 5.41) is 5.13. The molecule has 4 heteroatoms. The van der Waals surface area contributed by atoms with Gasteiger partial charge in [-0.2, -0.15) is 0 Å². The molecular weight excluding hydrogens is 372 g/mol. The van der Waals surface area contributed by atoms with Crippen LogP contribution >= 0.6 is 23.8 Å². The second-order valence-corrected chi connectivity index (χ2v) is 7.15. The Morgan fingerprint density at radius 1 is 0.926 bits per heavy atom. The van der Waals surface area contributed by atoms with E-state index in [0.717, 1.165) is 43.8 Å². The Kier molecular flexibility index (Phi) is 4.88. The highest BCUT2D eigenvalue weighted by molar-refractivity contribution is 7.81. The minimum Gasteiger partial charge on any atom is -0.355 e. The molecule has 1 heterocycles. The van der Waals surface area contributed by atoms with E-state index in [1.807, 2.05) is 66.7 Å². The highest BCUT2D eigenvalue weighted by Gasteiger charge is 2.12. The minimum absolute atomic E-state index is 0.631. The van der Waals surface area contributed by atoms with Crippen LogP contribution in [0.2, 0.25) is 5.02 Å². The third-order valence-corrected chi connectivity index (χ3v) is 5.28. The molecule has 0 bridgehead atoms. The van der Waals surface area contributed by atoms with Gasteiger partial charge in [-0.05, 0) is 48.4 Å². The van der Waals surface area contributed by atoms with Gasteiger partial charge in [0.1, 0.15) is 0 Å². The molecule has 0 unspecified atom stereocenters. The third-order valence-electron chi connectivity index (χ3n) is 4.53. The molecule has 0 atom stereocenters. The Morgan fingerprint density at radius 3 is 2.52 bits per heavy atom. The summed E-state index contributed by atoms with van der Waals surface area (Å²) in [6, 6.07) is 24.0. The van der Waals surface area contributed by atoms with Gasteiger partial charge in [0, 0.05) is 28.5 Å². The van der Waals surface area contributed by atoms with E-state index in [4.69, 9.17) is 23.8 Å². The van der Waals surface area contributed by atoms with Crippen LogP contribution in [0.15, 0.2) is 79.0 Å². The van der Waals surface area contributed by atoms with Crippen LogP contribution in [0.3, 0.4) is 0 Å². The van der Waals surface area contributed by atoms with Crippen LogP contribution in [0.4, 0.5) is 11.4 Å². The summed E-state index contributed by atoms with van der Waals surface area (Å²) < 4.78 is 0. The summed E-state index contributed by atoms with van der Waals surface area (Å²) in [5.74, 6) is 0. The molecule has 0 aliphatic heterocycles. The number of para-hydroxylation sites is 1. The lowest BCUT2D eigenvalue weighted by Crippen LogP contribution is -2.03. The van der Waals surface area contributed by atoms with Crippen molar-refractivity contribution in [2.45, 2.75) is 6.92 Å². The van der Waals surface area contributed by atoms with Crippen LogP contribution in [0.1, 0.15) is 16.7 Å². The fourth-order valence-corrected chi connectivity index (χ4v) is 3.85. The average Bonchev–Trinajstić information content (AvgIpc) is 2.68. The number of aromatic nitrogens is 1. The van der Waals surface area contributed by atoms with Crippen molar-refractivity contribution in [1.29, 1.82) is 0 Å². The summed E-state index contributed by atoms with van der Waals surface area (Å²) in [4.78, 5) is 5.16. The molecule has 27 heavy (non-hydrogen) atoms. The van der Waals surface area contributed by atoms with Crippen molar-refractivity contribution >= 4 is 51.0 Å². The van der Waals surface area contributed by atoms with Crippen molar-refractivity contribution < 1.29 is 0 Å². The number of halogens is 1. The molecule has 0 aliphatic rings. The molecule has 0 saturated heterocycles. The zero-order valence-electron chi connectivity index (χ0n) is 14.7. The maximum absolute atomic E-state index is 6.57. The fraction of sp³-hybridized carbons (Fsp3) is 0.0435. The van der Waals surface area contributed by atoms with Crippen LogP contribution in [-0.4, -0.2) is 9.85 Å². The quantitative estimate of drug-likeness (QED) is 0.310. The number of nitrogens with one attached hydrogen (secondary N) is 1. The Labute approximate surface area is 168 Å². The molecule has 4 rings (SSSR count). The fourth-order valence-electron chi connectivity index (χ4n) is 3.11. The van der Waals surface area contributed by atoms with Crippen molar-refractivity contribution in [2.75, 3.05) is 5.32 Å². The number of fused-ring (bicyclic) bond motifs is 1. The Bertz CT molecular complexity index is 1150. The van der Waals surface area contributed by atoms with Crippen molar-refractivity contribution in [3.63, 3.8) is 0 Å². The first-order chi connectivity index (χ1) is 13.1. The smallest absolute Gasteiger partial charge is 0.0722 e. The second kappa shape index (κ2) is 7.47. The van der Waals surface area contributed by atoms with Gasteiger partial charge in [-0.3, -0.25) is 4.98 Å². The van der Waals surface area contributed by atoms with Gasteiger partial charge >= 0.3 is 0 Å². The van der Waals surface area contributed by atoms with Gasteiger partial charge in [-0.15, -0.1) is 0 Å². The summed E-state index contributed by atoms with van der Waals surface area (Å²) in [6.07, 6.45) is 1.80. The van der Waals surface area contributed by atoms with Crippen LogP contribution in [0.5, 0.6) is 0 Å². The van der Waals surface area contributed by atoms with Crippen molar-refractivity contribution in [3.8, 4) is 0 Å². The van der Waals surface area contributed by atoms with Gasteiger partial charge in [0.05, 0.1) is 15.4 Å². The maximum atomic E-state index is 6.57. The predicted octanol–water partition coefficient (Wildman–Crippen LogP) is 6.71. The normalized spacial score (nSPS) is 10.7. The highest BCUT2D eigenvalue weighted by Crippen LogP contribution is 2.29. The molecule has 0 fully saturated rings. The van der Waals surface area contributed by atoms with Gasteiger partial charge in [-0.1, -0.05) is 66.3 Å². The number of pyridine rings is 1. The zero-order chi connectivity index (χ0) is 18.8. The molecule has 0 spiro atoms. The molecule has 0 saturated carbocycles. The standard InChI is InChI=1S/C23H17ClN2S/c1-15-6-2-3-7-17(15)23(27)18-11-10-16(14-20(18)24)26-22-12-13-25-21-9-5-4-8-19(21)22/h2-14H,1H3,(H,25,26). The summed E-state index contributed by atoms with van der Waals surface area (Å²) in [5.41, 5.74) is 5.90. The highest BCUT2D eigenvalue weighted by atomic mass is 35.5. The van der Waals surface area contributed by atoms with Crippen molar-refractivity contribution in [1.82, 2.24) is 4.98 Å². The lowest BCUT2D eigenvalue weighted by atomic mass is 10.00. The molecule has 4 aromatic rings. The molecule has 1 aromatic heterocycles. The second-order valence-electron chi connectivity index (χ2n) is 6.34. The monoisotopic (exact) mass is 388 g/mol. The van der Waals surface area contributed by atoms with Gasteiger partial charge < -0.3 is 5.32 Å². The molecule has 0 aliphatic carbocycles. The molecule has 2 nitrogen and oxygen atoms in total. The van der Waals surface area contributed by atoms with Gasteiger partial charge in [0.15, 0.2) is 0 Å². The lowest BCUT2D eigenvalue weighted by molar-refractivity contribution is 1.40. The molecule has 3 aromatic carbocycles. The Balaban J connectivity index is 1.66. The number of rotatable bonds is 4. The lowest BCUT2D eigenvalue weighted by Gasteiger charge is -2.13. The molecule has 1 N–H and O–H groups in total. The third kappa shape index (κ3) is 3.57. The van der Waals surface area contributed by atoms with E-state index in [1.54, 1.807) is 6.20 Å². The minimum atomic E-state index is 0.631. The van der Waals surface area contributed by atoms with E-state index in [1.165, 1.54) is 0 Å². The molecule has 132 valence electrons. The number of thiocarbonyl (C=S) groups is 1. The molecule has 0 amide bonds. The largest absolute Gasteiger partial charge is 0.355 e. The number of nitrogens with zero attached hydrogens (tertiary/aromatic N) is 1. The number of benzene rings is 3. The number of hydrogen-bond donors (Lipinski definition) is 1. The first kappa shape index (κ1) is 17.7. The van der Waals surface area contributed by atoms with Crippen molar-refractivity contribution in [2.24, 2.45) is 0 Å². The van der Waals surface area contributed by atoms with E-state index in [9.17, 15) is 0 Å². The van der Waals surface area contributed by atoms with Crippen LogP contribution in [-0.2, 0) is 0 Å². The molecular formula is C23H17ClN2S. The van der Waals surface area contributed by atoms with Gasteiger partial charge in [-0.25, -0.2) is 0 Å². The summed E-state index contributed by atoms with van der Waals surface area (Å²) in [7, 11) is 0.